The average Bonchev–Trinajstić information content (AvgIpc) is 3.24. The van der Waals surface area contributed by atoms with E-state index in [1.807, 2.05) is 14.0 Å². The van der Waals surface area contributed by atoms with Gasteiger partial charge in [0, 0.05) is 19.3 Å². The van der Waals surface area contributed by atoms with E-state index in [1.54, 1.807) is 30.3 Å². The monoisotopic (exact) mass is 491 g/mol. The summed E-state index contributed by atoms with van der Waals surface area (Å²) in [6, 6.07) is 8.65. The van der Waals surface area contributed by atoms with Gasteiger partial charge in [-0.25, -0.2) is 35.5 Å². The van der Waals surface area contributed by atoms with E-state index in [2.05, 4.69) is 19.6 Å². The molecule has 2 aromatic heterocycles. The Bertz CT molecular complexity index is 1340. The molecule has 0 saturated heterocycles. The minimum atomic E-state index is -3.79. The van der Waals surface area contributed by atoms with Crippen molar-refractivity contribution in [3.8, 4) is 0 Å². The van der Waals surface area contributed by atoms with Crippen LogP contribution in [0.3, 0.4) is 0 Å². The Morgan fingerprint density at radius 1 is 1.03 bits per heavy atom. The molecule has 0 spiro atoms. The number of nitrogens with zero attached hydrogens (tertiary/aromatic N) is 4. The molecule has 1 aromatic carbocycles. The first-order valence-electron chi connectivity index (χ1n) is 10.9. The molecule has 0 atom stereocenters. The molecule has 9 nitrogen and oxygen atoms in total. The molecule has 1 fully saturated rings. The number of aryl methyl sites for hydroxylation is 1. The van der Waals surface area contributed by atoms with Gasteiger partial charge in [0.05, 0.1) is 16.0 Å². The van der Waals surface area contributed by atoms with Gasteiger partial charge in [-0.2, -0.15) is 0 Å². The second-order valence-corrected chi connectivity index (χ2v) is 12.4. The standard InChI is InChI=1S/C22H29N5O4S2/c1-16-4-10-19(11-5-16)33(30,31)27-13-12-20-21(24-15-25-22(20)27)26(3)18-8-6-17(7-9-18)14-32(28,29)23-2/h4-5,10-13,15,17-18,23H,6-9,14H2,1-3H3/t17-,18-. The lowest BCUT2D eigenvalue weighted by Crippen LogP contribution is -2.38. The van der Waals surface area contributed by atoms with Crippen molar-refractivity contribution in [2.75, 3.05) is 24.7 Å². The minimum Gasteiger partial charge on any atom is -0.356 e. The Balaban J connectivity index is 1.58. The SMILES string of the molecule is CNS(=O)(=O)C[C@H]1CC[C@H](N(C)c2ncnc3c2ccn3S(=O)(=O)c2ccc(C)cc2)CC1. The lowest BCUT2D eigenvalue weighted by atomic mass is 9.86. The van der Waals surface area contributed by atoms with Crippen LogP contribution in [0.1, 0.15) is 31.2 Å². The Morgan fingerprint density at radius 2 is 1.70 bits per heavy atom. The number of fused-ring (bicyclic) bond motifs is 1. The molecule has 178 valence electrons. The van der Waals surface area contributed by atoms with Gasteiger partial charge in [-0.15, -0.1) is 0 Å². The highest BCUT2D eigenvalue weighted by Crippen LogP contribution is 2.33. The van der Waals surface area contributed by atoms with E-state index >= 15 is 0 Å². The molecular weight excluding hydrogens is 462 g/mol. The zero-order valence-electron chi connectivity index (χ0n) is 19.0. The molecule has 3 aromatic rings. The van der Waals surface area contributed by atoms with Gasteiger partial charge in [0.15, 0.2) is 5.65 Å². The highest BCUT2D eigenvalue weighted by atomic mass is 32.2. The molecular formula is C22H29N5O4S2. The van der Waals surface area contributed by atoms with Crippen LogP contribution in [0, 0.1) is 12.8 Å². The Hall–Kier alpha value is -2.50. The van der Waals surface area contributed by atoms with E-state index in [1.165, 1.54) is 23.5 Å². The van der Waals surface area contributed by atoms with Gasteiger partial charge >= 0.3 is 0 Å². The molecule has 2 heterocycles. The topological polar surface area (TPSA) is 114 Å². The fraction of sp³-hybridized carbons (Fsp3) is 0.455. The summed E-state index contributed by atoms with van der Waals surface area (Å²) in [6.45, 7) is 1.91. The van der Waals surface area contributed by atoms with E-state index < -0.39 is 20.0 Å². The number of hydrogen-bond acceptors (Lipinski definition) is 7. The zero-order chi connectivity index (χ0) is 23.8. The van der Waals surface area contributed by atoms with Gasteiger partial charge in [0.25, 0.3) is 10.0 Å². The Kier molecular flexibility index (Phi) is 6.47. The van der Waals surface area contributed by atoms with Crippen molar-refractivity contribution < 1.29 is 16.8 Å². The number of rotatable bonds is 7. The molecule has 0 amide bonds. The smallest absolute Gasteiger partial charge is 0.269 e. The zero-order valence-corrected chi connectivity index (χ0v) is 20.6. The molecule has 1 saturated carbocycles. The number of aromatic nitrogens is 3. The maximum atomic E-state index is 13.2. The van der Waals surface area contributed by atoms with Gasteiger partial charge in [0.2, 0.25) is 10.0 Å². The van der Waals surface area contributed by atoms with Gasteiger partial charge < -0.3 is 4.90 Å². The highest BCUT2D eigenvalue weighted by Gasteiger charge is 2.29. The van der Waals surface area contributed by atoms with Crippen LogP contribution in [0.2, 0.25) is 0 Å². The number of anilines is 1. The van der Waals surface area contributed by atoms with Crippen molar-refractivity contribution in [3.05, 3.63) is 48.4 Å². The quantitative estimate of drug-likeness (QED) is 0.540. The largest absolute Gasteiger partial charge is 0.356 e. The highest BCUT2D eigenvalue weighted by molar-refractivity contribution is 7.90. The van der Waals surface area contributed by atoms with Crippen molar-refractivity contribution in [3.63, 3.8) is 0 Å². The van der Waals surface area contributed by atoms with Crippen molar-refractivity contribution in [1.82, 2.24) is 18.7 Å². The number of benzene rings is 1. The predicted molar refractivity (Wildman–Crippen MR) is 128 cm³/mol. The first-order valence-corrected chi connectivity index (χ1v) is 14.0. The van der Waals surface area contributed by atoms with E-state index in [9.17, 15) is 16.8 Å². The second-order valence-electron chi connectivity index (χ2n) is 8.64. The number of hydrogen-bond donors (Lipinski definition) is 1. The maximum absolute atomic E-state index is 13.2. The van der Waals surface area contributed by atoms with Crippen LogP contribution in [0.25, 0.3) is 11.0 Å². The molecule has 11 heteroatoms. The van der Waals surface area contributed by atoms with Crippen molar-refractivity contribution >= 4 is 36.9 Å². The fourth-order valence-electron chi connectivity index (χ4n) is 4.48. The summed E-state index contributed by atoms with van der Waals surface area (Å²) in [7, 11) is -3.61. The lowest BCUT2D eigenvalue weighted by molar-refractivity contribution is 0.340. The number of nitrogens with one attached hydrogen (secondary N) is 1. The van der Waals surface area contributed by atoms with Gasteiger partial charge in [-0.3, -0.25) is 0 Å². The van der Waals surface area contributed by atoms with Crippen LogP contribution in [-0.2, 0) is 20.0 Å². The molecule has 0 bridgehead atoms. The third kappa shape index (κ3) is 4.75. The van der Waals surface area contributed by atoms with Crippen LogP contribution < -0.4 is 9.62 Å². The first-order chi connectivity index (χ1) is 15.6. The molecule has 0 aliphatic heterocycles. The van der Waals surface area contributed by atoms with E-state index in [0.29, 0.717) is 16.9 Å². The first kappa shape index (κ1) is 23.7. The second kappa shape index (κ2) is 9.03. The van der Waals surface area contributed by atoms with E-state index in [4.69, 9.17) is 0 Å². The third-order valence-electron chi connectivity index (χ3n) is 6.47. The maximum Gasteiger partial charge on any atom is 0.269 e. The summed E-state index contributed by atoms with van der Waals surface area (Å²) in [5.41, 5.74) is 1.32. The molecule has 1 N–H and O–H groups in total. The van der Waals surface area contributed by atoms with E-state index in [0.717, 1.165) is 31.2 Å². The van der Waals surface area contributed by atoms with Crippen LogP contribution in [0.4, 0.5) is 5.82 Å². The Labute approximate surface area is 195 Å². The molecule has 33 heavy (non-hydrogen) atoms. The Morgan fingerprint density at radius 3 is 2.33 bits per heavy atom. The third-order valence-corrected chi connectivity index (χ3v) is 9.68. The summed E-state index contributed by atoms with van der Waals surface area (Å²) in [5, 5.41) is 0.663. The van der Waals surface area contributed by atoms with E-state index in [-0.39, 0.29) is 22.6 Å². The summed E-state index contributed by atoms with van der Waals surface area (Å²) in [4.78, 5) is 11.0. The molecule has 1 aliphatic rings. The molecule has 0 unspecified atom stereocenters. The normalized spacial score (nSPS) is 19.6. The molecule has 4 rings (SSSR count). The van der Waals surface area contributed by atoms with Crippen LogP contribution in [0.5, 0.6) is 0 Å². The fourth-order valence-corrected chi connectivity index (χ4v) is 6.90. The van der Waals surface area contributed by atoms with Crippen LogP contribution in [-0.4, -0.2) is 56.7 Å². The van der Waals surface area contributed by atoms with Crippen LogP contribution >= 0.6 is 0 Å². The molecule has 0 radical (unpaired) electrons. The van der Waals surface area contributed by atoms with Crippen molar-refractivity contribution in [1.29, 1.82) is 0 Å². The number of sulfonamides is 1. The molecule has 1 aliphatic carbocycles. The van der Waals surface area contributed by atoms with Gasteiger partial charge in [-0.1, -0.05) is 17.7 Å². The van der Waals surface area contributed by atoms with Crippen molar-refractivity contribution in [2.45, 2.75) is 43.5 Å². The lowest BCUT2D eigenvalue weighted by Gasteiger charge is -2.35. The average molecular weight is 492 g/mol. The van der Waals surface area contributed by atoms with Crippen molar-refractivity contribution in [2.24, 2.45) is 5.92 Å². The summed E-state index contributed by atoms with van der Waals surface area (Å²) >= 11 is 0. The van der Waals surface area contributed by atoms with Gasteiger partial charge in [0.1, 0.15) is 12.1 Å². The summed E-state index contributed by atoms with van der Waals surface area (Å²) < 4.78 is 53.7. The van der Waals surface area contributed by atoms with Crippen LogP contribution in [0.15, 0.2) is 47.8 Å². The minimum absolute atomic E-state index is 0.137. The predicted octanol–water partition coefficient (Wildman–Crippen LogP) is 2.52. The van der Waals surface area contributed by atoms with Gasteiger partial charge in [-0.05, 0) is 63.8 Å². The summed E-state index contributed by atoms with van der Waals surface area (Å²) in [5.74, 6) is 0.958. The summed E-state index contributed by atoms with van der Waals surface area (Å²) in [6.07, 6.45) is 6.22.